The van der Waals surface area contributed by atoms with E-state index >= 15 is 0 Å². The molecule has 2 fully saturated rings. The standard InChI is InChI=1S/C20H21N3O2/c24-19(22-16-8-9-16)15-6-4-14(5-7-15)13-23(17-10-11-17)20(25)18-3-1-2-12-21-18/h1-7,12,16-17H,8-11,13H2,(H,22,24). The number of amides is 2. The van der Waals surface area contributed by atoms with Crippen LogP contribution in [0.1, 0.15) is 52.1 Å². The highest BCUT2D eigenvalue weighted by molar-refractivity contribution is 5.94. The molecule has 1 heterocycles. The summed E-state index contributed by atoms with van der Waals surface area (Å²) in [5.74, 6) is -0.0451. The van der Waals surface area contributed by atoms with Gasteiger partial charge in [-0.15, -0.1) is 0 Å². The van der Waals surface area contributed by atoms with Gasteiger partial charge in [-0.2, -0.15) is 0 Å². The zero-order valence-corrected chi connectivity index (χ0v) is 14.0. The number of aromatic nitrogens is 1. The number of nitrogens with one attached hydrogen (secondary N) is 1. The second-order valence-corrected chi connectivity index (χ2v) is 6.82. The lowest BCUT2D eigenvalue weighted by Crippen LogP contribution is -2.33. The van der Waals surface area contributed by atoms with Gasteiger partial charge < -0.3 is 10.2 Å². The molecule has 128 valence electrons. The van der Waals surface area contributed by atoms with Crippen molar-refractivity contribution < 1.29 is 9.59 Å². The molecule has 1 aromatic heterocycles. The number of carbonyl (C=O) groups excluding carboxylic acids is 2. The number of pyridine rings is 1. The molecule has 2 amide bonds. The Labute approximate surface area is 147 Å². The predicted octanol–water partition coefficient (Wildman–Crippen LogP) is 2.78. The van der Waals surface area contributed by atoms with Crippen molar-refractivity contribution in [1.29, 1.82) is 0 Å². The smallest absolute Gasteiger partial charge is 0.272 e. The molecule has 4 rings (SSSR count). The van der Waals surface area contributed by atoms with E-state index in [-0.39, 0.29) is 11.8 Å². The van der Waals surface area contributed by atoms with Crippen LogP contribution >= 0.6 is 0 Å². The van der Waals surface area contributed by atoms with Crippen LogP contribution in [0.2, 0.25) is 0 Å². The van der Waals surface area contributed by atoms with Gasteiger partial charge in [-0.3, -0.25) is 14.6 Å². The minimum atomic E-state index is -0.0290. The van der Waals surface area contributed by atoms with Crippen LogP contribution < -0.4 is 5.32 Å². The van der Waals surface area contributed by atoms with E-state index in [0.717, 1.165) is 31.2 Å². The van der Waals surface area contributed by atoms with Gasteiger partial charge in [0.2, 0.25) is 0 Å². The summed E-state index contributed by atoms with van der Waals surface area (Å²) in [6.45, 7) is 0.546. The van der Waals surface area contributed by atoms with E-state index in [0.29, 0.717) is 29.9 Å². The van der Waals surface area contributed by atoms with Crippen molar-refractivity contribution in [2.75, 3.05) is 0 Å². The van der Waals surface area contributed by atoms with Crippen molar-refractivity contribution in [3.8, 4) is 0 Å². The van der Waals surface area contributed by atoms with Crippen molar-refractivity contribution in [2.45, 2.75) is 44.3 Å². The van der Waals surface area contributed by atoms with Gasteiger partial charge in [0.25, 0.3) is 11.8 Å². The lowest BCUT2D eigenvalue weighted by molar-refractivity contribution is 0.0723. The first-order valence-electron chi connectivity index (χ1n) is 8.82. The SMILES string of the molecule is O=C(NC1CC1)c1ccc(CN(C(=O)c2ccccn2)C2CC2)cc1. The highest BCUT2D eigenvalue weighted by Crippen LogP contribution is 2.29. The molecule has 0 aliphatic heterocycles. The topological polar surface area (TPSA) is 62.3 Å². The molecule has 0 bridgehead atoms. The first-order chi connectivity index (χ1) is 12.2. The maximum absolute atomic E-state index is 12.7. The molecule has 2 aromatic rings. The Morgan fingerprint density at radius 2 is 1.80 bits per heavy atom. The molecule has 5 nitrogen and oxygen atoms in total. The fourth-order valence-corrected chi connectivity index (χ4v) is 2.84. The van der Waals surface area contributed by atoms with Crippen LogP contribution in [0.5, 0.6) is 0 Å². The summed E-state index contributed by atoms with van der Waals surface area (Å²) < 4.78 is 0. The van der Waals surface area contributed by atoms with E-state index in [9.17, 15) is 9.59 Å². The first kappa shape index (κ1) is 15.8. The van der Waals surface area contributed by atoms with Crippen LogP contribution in [0.3, 0.4) is 0 Å². The normalized spacial score (nSPS) is 16.3. The fourth-order valence-electron chi connectivity index (χ4n) is 2.84. The quantitative estimate of drug-likeness (QED) is 0.883. The van der Waals surface area contributed by atoms with Gasteiger partial charge in [-0.1, -0.05) is 18.2 Å². The van der Waals surface area contributed by atoms with Crippen LogP contribution in [0.4, 0.5) is 0 Å². The maximum Gasteiger partial charge on any atom is 0.272 e. The fraction of sp³-hybridized carbons (Fsp3) is 0.350. The molecule has 0 atom stereocenters. The van der Waals surface area contributed by atoms with Crippen LogP contribution in [-0.4, -0.2) is 33.8 Å². The zero-order chi connectivity index (χ0) is 17.2. The second kappa shape index (κ2) is 6.67. The molecule has 2 aliphatic rings. The number of hydrogen-bond donors (Lipinski definition) is 1. The van der Waals surface area contributed by atoms with Gasteiger partial charge in [0.1, 0.15) is 5.69 Å². The third kappa shape index (κ3) is 3.87. The number of carbonyl (C=O) groups is 2. The van der Waals surface area contributed by atoms with Crippen LogP contribution in [0.25, 0.3) is 0 Å². The van der Waals surface area contributed by atoms with E-state index < -0.39 is 0 Å². The molecule has 1 N–H and O–H groups in total. The largest absolute Gasteiger partial charge is 0.349 e. The third-order valence-electron chi connectivity index (χ3n) is 4.61. The van der Waals surface area contributed by atoms with Crippen molar-refractivity contribution in [3.05, 3.63) is 65.5 Å². The van der Waals surface area contributed by atoms with Crippen LogP contribution in [0.15, 0.2) is 48.7 Å². The van der Waals surface area contributed by atoms with Crippen LogP contribution in [0, 0.1) is 0 Å². The van der Waals surface area contributed by atoms with Gasteiger partial charge in [-0.05, 0) is 55.5 Å². The first-order valence-corrected chi connectivity index (χ1v) is 8.82. The Morgan fingerprint density at radius 3 is 2.40 bits per heavy atom. The van der Waals surface area contributed by atoms with Crippen molar-refractivity contribution in [3.63, 3.8) is 0 Å². The Bertz CT molecular complexity index is 765. The van der Waals surface area contributed by atoms with Crippen LogP contribution in [-0.2, 0) is 6.54 Å². The highest BCUT2D eigenvalue weighted by Gasteiger charge is 2.33. The van der Waals surface area contributed by atoms with E-state index in [1.54, 1.807) is 12.3 Å². The average molecular weight is 335 g/mol. The minimum absolute atomic E-state index is 0.0161. The molecule has 0 saturated heterocycles. The maximum atomic E-state index is 12.7. The molecule has 2 aliphatic carbocycles. The van der Waals surface area contributed by atoms with Gasteiger partial charge in [0.05, 0.1) is 0 Å². The van der Waals surface area contributed by atoms with Gasteiger partial charge >= 0.3 is 0 Å². The third-order valence-corrected chi connectivity index (χ3v) is 4.61. The predicted molar refractivity (Wildman–Crippen MR) is 94.1 cm³/mol. The molecule has 25 heavy (non-hydrogen) atoms. The monoisotopic (exact) mass is 335 g/mol. The van der Waals surface area contributed by atoms with E-state index in [4.69, 9.17) is 0 Å². The Kier molecular flexibility index (Phi) is 4.22. The minimum Gasteiger partial charge on any atom is -0.349 e. The molecule has 0 unspecified atom stereocenters. The molecule has 5 heteroatoms. The zero-order valence-electron chi connectivity index (χ0n) is 14.0. The summed E-state index contributed by atoms with van der Waals surface area (Å²) in [5, 5.41) is 2.99. The summed E-state index contributed by atoms with van der Waals surface area (Å²) >= 11 is 0. The van der Waals surface area contributed by atoms with Gasteiger partial charge in [0, 0.05) is 30.4 Å². The number of nitrogens with zero attached hydrogens (tertiary/aromatic N) is 2. The summed E-state index contributed by atoms with van der Waals surface area (Å²) in [5.41, 5.74) is 2.18. The summed E-state index contributed by atoms with van der Waals surface area (Å²) in [6.07, 6.45) is 5.89. The van der Waals surface area contributed by atoms with E-state index in [1.165, 1.54) is 0 Å². The number of benzene rings is 1. The van der Waals surface area contributed by atoms with Crippen molar-refractivity contribution in [1.82, 2.24) is 15.2 Å². The lowest BCUT2D eigenvalue weighted by Gasteiger charge is -2.22. The highest BCUT2D eigenvalue weighted by atomic mass is 16.2. The van der Waals surface area contributed by atoms with E-state index in [2.05, 4.69) is 10.3 Å². The second-order valence-electron chi connectivity index (χ2n) is 6.82. The number of rotatable bonds is 6. The van der Waals surface area contributed by atoms with Crippen molar-refractivity contribution >= 4 is 11.8 Å². The molecular weight excluding hydrogens is 314 g/mol. The summed E-state index contributed by atoms with van der Waals surface area (Å²) in [7, 11) is 0. The van der Waals surface area contributed by atoms with Gasteiger partial charge in [-0.25, -0.2) is 0 Å². The molecule has 0 radical (unpaired) electrons. The number of hydrogen-bond acceptors (Lipinski definition) is 3. The Morgan fingerprint density at radius 1 is 1.04 bits per heavy atom. The Hall–Kier alpha value is -2.69. The lowest BCUT2D eigenvalue weighted by atomic mass is 10.1. The summed E-state index contributed by atoms with van der Waals surface area (Å²) in [6, 6.07) is 13.6. The van der Waals surface area contributed by atoms with E-state index in [1.807, 2.05) is 41.3 Å². The molecule has 0 spiro atoms. The Balaban J connectivity index is 1.45. The summed E-state index contributed by atoms with van der Waals surface area (Å²) in [4.78, 5) is 30.9. The molecule has 1 aromatic carbocycles. The average Bonchev–Trinajstić information content (AvgIpc) is 3.54. The molecular formula is C20H21N3O2. The van der Waals surface area contributed by atoms with Crippen molar-refractivity contribution in [2.24, 2.45) is 0 Å². The van der Waals surface area contributed by atoms with Gasteiger partial charge in [0.15, 0.2) is 0 Å². The molecule has 2 saturated carbocycles.